The summed E-state index contributed by atoms with van der Waals surface area (Å²) >= 11 is 0. The summed E-state index contributed by atoms with van der Waals surface area (Å²) in [5, 5.41) is 9.25. The van der Waals surface area contributed by atoms with Crippen molar-refractivity contribution in [3.8, 4) is 5.75 Å². The van der Waals surface area contributed by atoms with Gasteiger partial charge in [0.1, 0.15) is 5.75 Å². The van der Waals surface area contributed by atoms with Gasteiger partial charge in [0.25, 0.3) is 0 Å². The molecule has 1 aliphatic carbocycles. The molecule has 0 spiro atoms. The monoisotopic (exact) mass is 331 g/mol. The molecule has 3 N–H and O–H groups in total. The largest absolute Gasteiger partial charge is 0.494 e. The van der Waals surface area contributed by atoms with Crippen LogP contribution >= 0.6 is 0 Å². The van der Waals surface area contributed by atoms with E-state index in [1.54, 1.807) is 12.1 Å². The van der Waals surface area contributed by atoms with E-state index in [-0.39, 0.29) is 24.3 Å². The summed E-state index contributed by atoms with van der Waals surface area (Å²) in [6.45, 7) is 2.53. The number of benzene rings is 1. The highest BCUT2D eigenvalue weighted by molar-refractivity contribution is 5.95. The minimum Gasteiger partial charge on any atom is -0.494 e. The van der Waals surface area contributed by atoms with E-state index < -0.39 is 6.04 Å². The van der Waals surface area contributed by atoms with Crippen LogP contribution in [0, 0.1) is 0 Å². The second-order valence-electron chi connectivity index (χ2n) is 6.43. The van der Waals surface area contributed by atoms with E-state index in [0.29, 0.717) is 18.3 Å². The summed E-state index contributed by atoms with van der Waals surface area (Å²) in [4.78, 5) is 24.4. The van der Waals surface area contributed by atoms with Crippen LogP contribution < -0.4 is 20.7 Å². The lowest BCUT2D eigenvalue weighted by molar-refractivity contribution is -0.129. The predicted molar refractivity (Wildman–Crippen MR) is 92.0 cm³/mol. The van der Waals surface area contributed by atoms with Gasteiger partial charge in [-0.3, -0.25) is 9.59 Å². The van der Waals surface area contributed by atoms with E-state index in [1.165, 1.54) is 6.42 Å². The standard InChI is InChI=1S/C18H25N3O3/c1-2-24-13-9-7-12(8-10-13)19-17(22)11-16-18(23)21-15-6-4-3-5-14(15)20-16/h7-10,14-16,20H,2-6,11H2,1H3,(H,19,22)(H,21,23)/t14-,15-,16+/m0/s1. The Hall–Kier alpha value is -2.08. The number of rotatable bonds is 5. The molecule has 1 saturated heterocycles. The van der Waals surface area contributed by atoms with E-state index in [9.17, 15) is 9.59 Å². The van der Waals surface area contributed by atoms with Gasteiger partial charge in [0.2, 0.25) is 11.8 Å². The molecule has 2 fully saturated rings. The highest BCUT2D eigenvalue weighted by atomic mass is 16.5. The van der Waals surface area contributed by atoms with Gasteiger partial charge in [-0.05, 0) is 44.0 Å². The van der Waals surface area contributed by atoms with E-state index in [0.717, 1.165) is 25.0 Å². The van der Waals surface area contributed by atoms with E-state index in [1.807, 2.05) is 19.1 Å². The molecule has 1 aromatic carbocycles. The van der Waals surface area contributed by atoms with Gasteiger partial charge >= 0.3 is 0 Å². The first kappa shape index (κ1) is 16.8. The second-order valence-corrected chi connectivity index (χ2v) is 6.43. The number of anilines is 1. The van der Waals surface area contributed by atoms with Crippen LogP contribution in [0.4, 0.5) is 5.69 Å². The maximum atomic E-state index is 12.2. The number of amides is 2. The van der Waals surface area contributed by atoms with Gasteiger partial charge in [0.15, 0.2) is 0 Å². The Kier molecular flexibility index (Phi) is 5.35. The molecule has 130 valence electrons. The van der Waals surface area contributed by atoms with Crippen molar-refractivity contribution >= 4 is 17.5 Å². The van der Waals surface area contributed by atoms with Crippen molar-refractivity contribution in [2.24, 2.45) is 0 Å². The number of piperazine rings is 1. The van der Waals surface area contributed by atoms with Crippen LogP contribution in [0.3, 0.4) is 0 Å². The fraction of sp³-hybridized carbons (Fsp3) is 0.556. The first-order valence-electron chi connectivity index (χ1n) is 8.75. The smallest absolute Gasteiger partial charge is 0.237 e. The van der Waals surface area contributed by atoms with Crippen molar-refractivity contribution in [3.63, 3.8) is 0 Å². The number of hydrogen-bond acceptors (Lipinski definition) is 4. The Bertz CT molecular complexity index is 588. The Labute approximate surface area is 142 Å². The molecule has 3 rings (SSSR count). The topological polar surface area (TPSA) is 79.5 Å². The molecule has 0 unspecified atom stereocenters. The van der Waals surface area contributed by atoms with Crippen LogP contribution in [0.1, 0.15) is 39.0 Å². The molecule has 1 saturated carbocycles. The zero-order valence-corrected chi connectivity index (χ0v) is 14.0. The number of hydrogen-bond donors (Lipinski definition) is 3. The summed E-state index contributed by atoms with van der Waals surface area (Å²) in [6, 6.07) is 7.29. The van der Waals surface area contributed by atoms with E-state index >= 15 is 0 Å². The van der Waals surface area contributed by atoms with Gasteiger partial charge in [0, 0.05) is 17.8 Å². The predicted octanol–water partition coefficient (Wildman–Crippen LogP) is 1.81. The van der Waals surface area contributed by atoms with Crippen LogP contribution in [0.5, 0.6) is 5.75 Å². The molecule has 1 aromatic rings. The lowest BCUT2D eigenvalue weighted by Gasteiger charge is -2.40. The molecule has 3 atom stereocenters. The average Bonchev–Trinajstić information content (AvgIpc) is 2.57. The van der Waals surface area contributed by atoms with Crippen LogP contribution in [0.25, 0.3) is 0 Å². The summed E-state index contributed by atoms with van der Waals surface area (Å²) in [7, 11) is 0. The molecule has 0 radical (unpaired) electrons. The molecule has 2 aliphatic rings. The van der Waals surface area contributed by atoms with Crippen LogP contribution in [0.15, 0.2) is 24.3 Å². The third-order valence-electron chi connectivity index (χ3n) is 4.66. The van der Waals surface area contributed by atoms with Gasteiger partial charge in [-0.25, -0.2) is 0 Å². The number of fused-ring (bicyclic) bond motifs is 1. The summed E-state index contributed by atoms with van der Waals surface area (Å²) < 4.78 is 5.38. The van der Waals surface area contributed by atoms with Crippen molar-refractivity contribution in [2.75, 3.05) is 11.9 Å². The van der Waals surface area contributed by atoms with Gasteiger partial charge in [-0.2, -0.15) is 0 Å². The van der Waals surface area contributed by atoms with Crippen LogP contribution in [-0.2, 0) is 9.59 Å². The summed E-state index contributed by atoms with van der Waals surface area (Å²) in [5.74, 6) is 0.535. The Balaban J connectivity index is 1.53. The zero-order chi connectivity index (χ0) is 16.9. The first-order valence-corrected chi connectivity index (χ1v) is 8.75. The molecule has 2 amide bonds. The Morgan fingerprint density at radius 3 is 2.62 bits per heavy atom. The van der Waals surface area contributed by atoms with Crippen LogP contribution in [-0.4, -0.2) is 36.5 Å². The summed E-state index contributed by atoms with van der Waals surface area (Å²) in [5.41, 5.74) is 0.704. The second kappa shape index (κ2) is 7.66. The molecule has 24 heavy (non-hydrogen) atoms. The molecule has 1 heterocycles. The maximum Gasteiger partial charge on any atom is 0.237 e. The third-order valence-corrected chi connectivity index (χ3v) is 4.66. The van der Waals surface area contributed by atoms with Crippen LogP contribution in [0.2, 0.25) is 0 Å². The molecular formula is C18H25N3O3. The van der Waals surface area contributed by atoms with Crippen molar-refractivity contribution < 1.29 is 14.3 Å². The van der Waals surface area contributed by atoms with Crippen molar-refractivity contribution in [3.05, 3.63) is 24.3 Å². The Morgan fingerprint density at radius 2 is 1.92 bits per heavy atom. The fourth-order valence-corrected chi connectivity index (χ4v) is 3.47. The molecule has 1 aliphatic heterocycles. The van der Waals surface area contributed by atoms with Crippen molar-refractivity contribution in [1.29, 1.82) is 0 Å². The SMILES string of the molecule is CCOc1ccc(NC(=O)C[C@H]2N[C@H]3CCCC[C@@H]3NC2=O)cc1. The highest BCUT2D eigenvalue weighted by Crippen LogP contribution is 2.22. The zero-order valence-electron chi connectivity index (χ0n) is 14.0. The molecular weight excluding hydrogens is 306 g/mol. The van der Waals surface area contributed by atoms with E-state index in [2.05, 4.69) is 16.0 Å². The number of carbonyl (C=O) groups excluding carboxylic acids is 2. The van der Waals surface area contributed by atoms with Crippen molar-refractivity contribution in [2.45, 2.75) is 57.2 Å². The minimum atomic E-state index is -0.452. The van der Waals surface area contributed by atoms with Crippen molar-refractivity contribution in [1.82, 2.24) is 10.6 Å². The van der Waals surface area contributed by atoms with E-state index in [4.69, 9.17) is 4.74 Å². The molecule has 0 bridgehead atoms. The number of nitrogens with one attached hydrogen (secondary N) is 3. The highest BCUT2D eigenvalue weighted by Gasteiger charge is 2.36. The maximum absolute atomic E-state index is 12.2. The number of ether oxygens (including phenoxy) is 1. The van der Waals surface area contributed by atoms with Gasteiger partial charge in [-0.15, -0.1) is 0 Å². The quantitative estimate of drug-likeness (QED) is 0.769. The van der Waals surface area contributed by atoms with Gasteiger partial charge in [0.05, 0.1) is 19.1 Å². The summed E-state index contributed by atoms with van der Waals surface area (Å²) in [6.07, 6.45) is 4.56. The normalized spacial score (nSPS) is 26.2. The average molecular weight is 331 g/mol. The molecule has 0 aromatic heterocycles. The van der Waals surface area contributed by atoms with Gasteiger partial charge < -0.3 is 20.7 Å². The molecule has 6 heteroatoms. The lowest BCUT2D eigenvalue weighted by Crippen LogP contribution is -2.65. The molecule has 6 nitrogen and oxygen atoms in total. The lowest BCUT2D eigenvalue weighted by atomic mass is 9.87. The van der Waals surface area contributed by atoms with Gasteiger partial charge in [-0.1, -0.05) is 12.8 Å². The Morgan fingerprint density at radius 1 is 1.21 bits per heavy atom. The third kappa shape index (κ3) is 4.06. The minimum absolute atomic E-state index is 0.0695. The fourth-order valence-electron chi connectivity index (χ4n) is 3.47. The number of carbonyl (C=O) groups is 2. The first-order chi connectivity index (χ1) is 11.7.